The minimum Gasteiger partial charge on any atom is -0.327 e. The Morgan fingerprint density at radius 1 is 1.20 bits per heavy atom. The zero-order chi connectivity index (χ0) is 14.2. The van der Waals surface area contributed by atoms with Crippen molar-refractivity contribution < 1.29 is 13.2 Å². The molecule has 2 nitrogen and oxygen atoms in total. The molecule has 0 bridgehead atoms. The molecule has 1 unspecified atom stereocenters. The maximum atomic E-state index is 13.6. The van der Waals surface area contributed by atoms with Crippen molar-refractivity contribution in [2.24, 2.45) is 11.1 Å². The molecule has 2 N–H and O–H groups in total. The van der Waals surface area contributed by atoms with E-state index in [4.69, 9.17) is 5.73 Å². The minimum absolute atomic E-state index is 0. The van der Waals surface area contributed by atoms with Gasteiger partial charge in [-0.05, 0) is 17.9 Å². The second-order valence-corrected chi connectivity index (χ2v) is 5.95. The number of nitrogens with zero attached hydrogens (tertiary/aromatic N) is 1. The topological polar surface area (TPSA) is 29.3 Å². The van der Waals surface area contributed by atoms with E-state index >= 15 is 0 Å². The molecule has 0 radical (unpaired) electrons. The Morgan fingerprint density at radius 3 is 2.40 bits per heavy atom. The van der Waals surface area contributed by atoms with Crippen LogP contribution in [-0.2, 0) is 6.54 Å². The highest BCUT2D eigenvalue weighted by Crippen LogP contribution is 2.29. The number of halogens is 4. The third-order valence-electron chi connectivity index (χ3n) is 3.87. The second kappa shape index (κ2) is 6.33. The number of hydrogen-bond donors (Lipinski definition) is 1. The quantitative estimate of drug-likeness (QED) is 0.851. The third kappa shape index (κ3) is 3.65. The first-order valence-electron chi connectivity index (χ1n) is 6.41. The summed E-state index contributed by atoms with van der Waals surface area (Å²) in [6, 6.07) is 1.65. The summed E-state index contributed by atoms with van der Waals surface area (Å²) in [6.07, 6.45) is 0.818. The highest BCUT2D eigenvalue weighted by atomic mass is 35.5. The van der Waals surface area contributed by atoms with Crippen LogP contribution in [0.5, 0.6) is 0 Å². The highest BCUT2D eigenvalue weighted by molar-refractivity contribution is 5.85. The van der Waals surface area contributed by atoms with Gasteiger partial charge in [-0.1, -0.05) is 13.8 Å². The van der Waals surface area contributed by atoms with E-state index in [-0.39, 0.29) is 36.0 Å². The lowest BCUT2D eigenvalue weighted by Gasteiger charge is -2.42. The Morgan fingerprint density at radius 2 is 1.80 bits per heavy atom. The fourth-order valence-corrected chi connectivity index (χ4v) is 2.55. The van der Waals surface area contributed by atoms with Crippen molar-refractivity contribution >= 4 is 12.4 Å². The molecule has 0 saturated carbocycles. The maximum absolute atomic E-state index is 13.6. The molecule has 6 heteroatoms. The lowest BCUT2D eigenvalue weighted by atomic mass is 9.79. The second-order valence-electron chi connectivity index (χ2n) is 5.95. The summed E-state index contributed by atoms with van der Waals surface area (Å²) in [4.78, 5) is 2.03. The molecule has 0 spiro atoms. The largest absolute Gasteiger partial charge is 0.327 e. The van der Waals surface area contributed by atoms with Crippen LogP contribution in [0.15, 0.2) is 12.1 Å². The number of hydrogen-bond acceptors (Lipinski definition) is 2. The van der Waals surface area contributed by atoms with Gasteiger partial charge in [0.1, 0.15) is 5.82 Å². The summed E-state index contributed by atoms with van der Waals surface area (Å²) < 4.78 is 39.6. The molecule has 0 aliphatic carbocycles. The van der Waals surface area contributed by atoms with Gasteiger partial charge in [0.15, 0.2) is 11.6 Å². The molecule has 20 heavy (non-hydrogen) atoms. The fourth-order valence-electron chi connectivity index (χ4n) is 2.55. The molecule has 1 heterocycles. The Hall–Kier alpha value is -0.780. The van der Waals surface area contributed by atoms with Crippen molar-refractivity contribution in [3.05, 3.63) is 35.1 Å². The molecule has 1 aromatic carbocycles. The van der Waals surface area contributed by atoms with Crippen LogP contribution in [-0.4, -0.2) is 24.0 Å². The van der Waals surface area contributed by atoms with E-state index in [2.05, 4.69) is 13.8 Å². The van der Waals surface area contributed by atoms with E-state index in [0.717, 1.165) is 19.0 Å². The average molecular weight is 309 g/mol. The van der Waals surface area contributed by atoms with Crippen LogP contribution in [0.25, 0.3) is 0 Å². The van der Waals surface area contributed by atoms with Crippen LogP contribution >= 0.6 is 12.4 Å². The Balaban J connectivity index is 0.00000200. The molecule has 1 aliphatic rings. The number of likely N-dealkylation sites (tertiary alicyclic amines) is 1. The van der Waals surface area contributed by atoms with Crippen LogP contribution in [0.1, 0.15) is 25.8 Å². The van der Waals surface area contributed by atoms with Crippen LogP contribution in [0.3, 0.4) is 0 Å². The first-order valence-corrected chi connectivity index (χ1v) is 6.41. The van der Waals surface area contributed by atoms with Gasteiger partial charge in [-0.25, -0.2) is 13.2 Å². The molecule has 0 aromatic heterocycles. The van der Waals surface area contributed by atoms with Crippen molar-refractivity contribution in [1.29, 1.82) is 0 Å². The standard InChI is InChI=1S/C14H19F3N2.ClH/c1-14(2)8-19(4-3-13(14)18)7-9-5-11(16)12(17)6-10(9)15;/h5-6,13H,3-4,7-8,18H2,1-2H3;1H. The van der Waals surface area contributed by atoms with Crippen molar-refractivity contribution in [1.82, 2.24) is 4.90 Å². The van der Waals surface area contributed by atoms with Gasteiger partial charge < -0.3 is 5.73 Å². The predicted octanol–water partition coefficient (Wildman–Crippen LogP) is 3.08. The Labute approximate surface area is 123 Å². The van der Waals surface area contributed by atoms with Gasteiger partial charge in [-0.2, -0.15) is 0 Å². The van der Waals surface area contributed by atoms with Gasteiger partial charge in [0.25, 0.3) is 0 Å². The summed E-state index contributed by atoms with van der Waals surface area (Å²) in [5, 5.41) is 0. The average Bonchev–Trinajstić information content (AvgIpc) is 2.30. The van der Waals surface area contributed by atoms with Crippen molar-refractivity contribution in [2.45, 2.75) is 32.9 Å². The highest BCUT2D eigenvalue weighted by Gasteiger charge is 2.33. The Kier molecular flexibility index (Phi) is 5.46. The number of piperidine rings is 1. The van der Waals surface area contributed by atoms with Gasteiger partial charge in [-0.15, -0.1) is 12.4 Å². The van der Waals surface area contributed by atoms with E-state index < -0.39 is 17.5 Å². The Bertz CT molecular complexity index is 480. The van der Waals surface area contributed by atoms with Crippen LogP contribution in [0, 0.1) is 22.9 Å². The molecule has 1 saturated heterocycles. The molecule has 1 aliphatic heterocycles. The molecular weight excluding hydrogens is 289 g/mol. The summed E-state index contributed by atoms with van der Waals surface area (Å²) in [7, 11) is 0. The fraction of sp³-hybridized carbons (Fsp3) is 0.571. The predicted molar refractivity (Wildman–Crippen MR) is 75.2 cm³/mol. The SMILES string of the molecule is CC1(C)CN(Cc2cc(F)c(F)cc2F)CCC1N.Cl. The summed E-state index contributed by atoms with van der Waals surface area (Å²) in [5.41, 5.74) is 6.15. The summed E-state index contributed by atoms with van der Waals surface area (Å²) in [6.45, 7) is 5.85. The molecule has 1 aromatic rings. The van der Waals surface area contributed by atoms with Gasteiger partial charge in [-0.3, -0.25) is 4.90 Å². The third-order valence-corrected chi connectivity index (χ3v) is 3.87. The molecular formula is C14H20ClF3N2. The van der Waals surface area contributed by atoms with Gasteiger partial charge in [0, 0.05) is 37.3 Å². The number of nitrogens with two attached hydrogens (primary N) is 1. The summed E-state index contributed by atoms with van der Waals surface area (Å²) in [5.74, 6) is -2.86. The molecule has 0 amide bonds. The van der Waals surface area contributed by atoms with Crippen molar-refractivity contribution in [2.75, 3.05) is 13.1 Å². The molecule has 1 atom stereocenters. The monoisotopic (exact) mass is 308 g/mol. The number of benzene rings is 1. The van der Waals surface area contributed by atoms with Crippen LogP contribution < -0.4 is 5.73 Å². The van der Waals surface area contributed by atoms with Crippen LogP contribution in [0.4, 0.5) is 13.2 Å². The molecule has 1 fully saturated rings. The first-order chi connectivity index (χ1) is 8.79. The van der Waals surface area contributed by atoms with E-state index in [1.807, 2.05) is 4.90 Å². The van der Waals surface area contributed by atoms with Crippen molar-refractivity contribution in [3.63, 3.8) is 0 Å². The van der Waals surface area contributed by atoms with E-state index in [0.29, 0.717) is 12.6 Å². The normalized spacial score (nSPS) is 22.4. The van der Waals surface area contributed by atoms with Gasteiger partial charge in [0.2, 0.25) is 0 Å². The van der Waals surface area contributed by atoms with E-state index in [1.165, 1.54) is 0 Å². The summed E-state index contributed by atoms with van der Waals surface area (Å²) >= 11 is 0. The lowest BCUT2D eigenvalue weighted by molar-refractivity contribution is 0.0889. The molecule has 2 rings (SSSR count). The van der Waals surface area contributed by atoms with Gasteiger partial charge in [0.05, 0.1) is 0 Å². The maximum Gasteiger partial charge on any atom is 0.161 e. The van der Waals surface area contributed by atoms with Crippen LogP contribution in [0.2, 0.25) is 0 Å². The van der Waals surface area contributed by atoms with E-state index in [1.54, 1.807) is 0 Å². The zero-order valence-corrected chi connectivity index (χ0v) is 12.4. The minimum atomic E-state index is -1.15. The van der Waals surface area contributed by atoms with E-state index in [9.17, 15) is 13.2 Å². The smallest absolute Gasteiger partial charge is 0.161 e. The van der Waals surface area contributed by atoms with Crippen molar-refractivity contribution in [3.8, 4) is 0 Å². The lowest BCUT2D eigenvalue weighted by Crippen LogP contribution is -2.52. The molecule has 114 valence electrons. The first kappa shape index (κ1) is 17.3. The van der Waals surface area contributed by atoms with Gasteiger partial charge >= 0.3 is 0 Å². The zero-order valence-electron chi connectivity index (χ0n) is 11.6. The number of rotatable bonds is 2.